The molecule has 0 spiro atoms. The fraction of sp³-hybridized carbons (Fsp3) is 0.0556. The number of rotatable bonds is 4. The van der Waals surface area contributed by atoms with Crippen LogP contribution in [0.5, 0.6) is 5.75 Å². The van der Waals surface area contributed by atoms with Crippen LogP contribution in [0.1, 0.15) is 10.4 Å². The minimum absolute atomic E-state index is 0.000340. The monoisotopic (exact) mass is 466 g/mol. The topological polar surface area (TPSA) is 93.0 Å². The third-order valence-corrected chi connectivity index (χ3v) is 4.54. The Labute approximate surface area is 169 Å². The number of nitrogens with zero attached hydrogens (tertiary/aromatic N) is 2. The summed E-state index contributed by atoms with van der Waals surface area (Å²) in [6.07, 6.45) is -2.19. The Hall–Kier alpha value is -3.34. The molecule has 4 rings (SSSR count). The Morgan fingerprint density at radius 3 is 2.79 bits per heavy atom. The molecule has 4 aromatic rings. The number of ether oxygens (including phenoxy) is 1. The maximum atomic E-state index is 12.7. The summed E-state index contributed by atoms with van der Waals surface area (Å²) >= 11 is 2.98. The molecule has 0 unspecified atom stereocenters. The maximum absolute atomic E-state index is 12.7. The molecule has 148 valence electrons. The van der Waals surface area contributed by atoms with Crippen molar-refractivity contribution in [3.63, 3.8) is 0 Å². The Kier molecular flexibility index (Phi) is 4.74. The van der Waals surface area contributed by atoms with Crippen molar-refractivity contribution in [2.24, 2.45) is 0 Å². The summed E-state index contributed by atoms with van der Waals surface area (Å²) in [6, 6.07) is 8.90. The van der Waals surface area contributed by atoms with E-state index in [0.717, 1.165) is 0 Å². The van der Waals surface area contributed by atoms with Crippen molar-refractivity contribution in [1.82, 2.24) is 15.2 Å². The number of hydrogen-bond donors (Lipinski definition) is 2. The van der Waals surface area contributed by atoms with Crippen LogP contribution in [0.25, 0.3) is 22.4 Å². The van der Waals surface area contributed by atoms with E-state index in [9.17, 15) is 18.0 Å². The number of hydrogen-bond acceptors (Lipinski definition) is 5. The Morgan fingerprint density at radius 2 is 2.07 bits per heavy atom. The molecule has 2 N–H and O–H groups in total. The van der Waals surface area contributed by atoms with Crippen LogP contribution in [0.4, 0.5) is 18.9 Å². The van der Waals surface area contributed by atoms with Crippen LogP contribution in [0.2, 0.25) is 0 Å². The van der Waals surface area contributed by atoms with Crippen LogP contribution in [-0.2, 0) is 0 Å². The molecule has 0 fully saturated rings. The van der Waals surface area contributed by atoms with Gasteiger partial charge < -0.3 is 14.5 Å². The van der Waals surface area contributed by atoms with E-state index >= 15 is 0 Å². The summed E-state index contributed by atoms with van der Waals surface area (Å²) in [5, 5.41) is 10.2. The number of aromatic nitrogens is 3. The maximum Gasteiger partial charge on any atom is 0.573 e. The minimum atomic E-state index is -4.94. The Bertz CT molecular complexity index is 1190. The molecule has 0 bridgehead atoms. The van der Waals surface area contributed by atoms with E-state index in [2.05, 4.69) is 41.2 Å². The zero-order valence-electron chi connectivity index (χ0n) is 14.2. The summed E-state index contributed by atoms with van der Waals surface area (Å²) in [5.74, 6) is -0.966. The summed E-state index contributed by atoms with van der Waals surface area (Å²) in [7, 11) is 0. The number of oxazole rings is 1. The second kappa shape index (κ2) is 7.24. The number of fused-ring (bicyclic) bond motifs is 1. The summed E-state index contributed by atoms with van der Waals surface area (Å²) in [5.41, 5.74) is 1.23. The molecule has 0 atom stereocenters. The van der Waals surface area contributed by atoms with Gasteiger partial charge in [-0.25, -0.2) is 4.98 Å². The first kappa shape index (κ1) is 19.0. The van der Waals surface area contributed by atoms with E-state index in [0.29, 0.717) is 28.0 Å². The summed E-state index contributed by atoms with van der Waals surface area (Å²) < 4.78 is 47.4. The first-order valence-electron chi connectivity index (χ1n) is 8.04. The molecule has 0 radical (unpaired) electrons. The zero-order valence-corrected chi connectivity index (χ0v) is 15.8. The van der Waals surface area contributed by atoms with E-state index in [1.54, 1.807) is 18.2 Å². The van der Waals surface area contributed by atoms with Gasteiger partial charge in [-0.05, 0) is 46.3 Å². The van der Waals surface area contributed by atoms with Crippen LogP contribution in [0.3, 0.4) is 0 Å². The highest BCUT2D eigenvalue weighted by Gasteiger charge is 2.34. The van der Waals surface area contributed by atoms with Crippen LogP contribution >= 0.6 is 15.9 Å². The molecule has 2 aromatic heterocycles. The predicted octanol–water partition coefficient (Wildman–Crippen LogP) is 5.13. The molecule has 29 heavy (non-hydrogen) atoms. The molecule has 2 aromatic carbocycles. The summed E-state index contributed by atoms with van der Waals surface area (Å²) in [6.45, 7) is 0. The highest BCUT2D eigenvalue weighted by molar-refractivity contribution is 9.10. The SMILES string of the molecule is O=C(Nc1ccc2[nH]nc(-c3cnco3)c2c1)c1cccc(Br)c1OC(F)(F)F. The van der Waals surface area contributed by atoms with E-state index in [-0.39, 0.29) is 10.0 Å². The van der Waals surface area contributed by atoms with Gasteiger partial charge in [0.2, 0.25) is 0 Å². The molecule has 0 aliphatic heterocycles. The van der Waals surface area contributed by atoms with E-state index < -0.39 is 18.0 Å². The normalized spacial score (nSPS) is 11.6. The van der Waals surface area contributed by atoms with Crippen LogP contribution in [-0.4, -0.2) is 27.5 Å². The Balaban J connectivity index is 1.67. The number of anilines is 1. The molecule has 2 heterocycles. The molecule has 11 heteroatoms. The van der Waals surface area contributed by atoms with Crippen molar-refractivity contribution in [1.29, 1.82) is 0 Å². The highest BCUT2D eigenvalue weighted by Crippen LogP contribution is 2.34. The zero-order chi connectivity index (χ0) is 20.6. The molecule has 1 amide bonds. The average molecular weight is 467 g/mol. The largest absolute Gasteiger partial charge is 0.573 e. The fourth-order valence-corrected chi connectivity index (χ4v) is 3.16. The van der Waals surface area contributed by atoms with Gasteiger partial charge in [0.25, 0.3) is 5.91 Å². The number of H-pyrrole nitrogens is 1. The number of aromatic amines is 1. The van der Waals surface area contributed by atoms with Gasteiger partial charge in [0.1, 0.15) is 5.69 Å². The van der Waals surface area contributed by atoms with Gasteiger partial charge in [-0.3, -0.25) is 9.89 Å². The standard InChI is InChI=1S/C18H10BrF3N4O3/c19-12-3-1-2-10(16(12)29-18(20,21)22)17(27)24-9-4-5-13-11(6-9)15(26-25-13)14-7-23-8-28-14/h1-8H,(H,24,27)(H,25,26). The lowest BCUT2D eigenvalue weighted by atomic mass is 10.1. The van der Waals surface area contributed by atoms with Gasteiger partial charge in [-0.1, -0.05) is 6.07 Å². The molecular formula is C18H10BrF3N4O3. The van der Waals surface area contributed by atoms with Crippen molar-refractivity contribution >= 4 is 38.4 Å². The van der Waals surface area contributed by atoms with Crippen LogP contribution in [0, 0.1) is 0 Å². The molecule has 0 saturated carbocycles. The minimum Gasteiger partial charge on any atom is -0.442 e. The third-order valence-electron chi connectivity index (χ3n) is 3.92. The van der Waals surface area contributed by atoms with Crippen molar-refractivity contribution < 1.29 is 27.1 Å². The number of para-hydroxylation sites is 1. The van der Waals surface area contributed by atoms with Crippen molar-refractivity contribution in [2.45, 2.75) is 6.36 Å². The van der Waals surface area contributed by atoms with Gasteiger partial charge in [0.15, 0.2) is 17.9 Å². The van der Waals surface area contributed by atoms with E-state index in [1.165, 1.54) is 30.8 Å². The lowest BCUT2D eigenvalue weighted by molar-refractivity contribution is -0.275. The molecule has 0 aliphatic carbocycles. The molecule has 0 saturated heterocycles. The molecule has 0 aliphatic rings. The van der Waals surface area contributed by atoms with Gasteiger partial charge in [-0.2, -0.15) is 5.10 Å². The van der Waals surface area contributed by atoms with Gasteiger partial charge in [0, 0.05) is 11.1 Å². The smallest absolute Gasteiger partial charge is 0.442 e. The number of carbonyl (C=O) groups is 1. The first-order valence-corrected chi connectivity index (χ1v) is 8.84. The average Bonchev–Trinajstić information content (AvgIpc) is 3.31. The molecule has 7 nitrogen and oxygen atoms in total. The van der Waals surface area contributed by atoms with E-state index in [1.807, 2.05) is 0 Å². The lowest BCUT2D eigenvalue weighted by Crippen LogP contribution is -2.21. The summed E-state index contributed by atoms with van der Waals surface area (Å²) in [4.78, 5) is 16.5. The quantitative estimate of drug-likeness (QED) is 0.434. The number of benzene rings is 2. The van der Waals surface area contributed by atoms with Crippen molar-refractivity contribution in [3.8, 4) is 17.2 Å². The van der Waals surface area contributed by atoms with Crippen molar-refractivity contribution in [3.05, 3.63) is 59.0 Å². The van der Waals surface area contributed by atoms with Gasteiger partial charge in [0.05, 0.1) is 21.7 Å². The van der Waals surface area contributed by atoms with Crippen LogP contribution < -0.4 is 10.1 Å². The van der Waals surface area contributed by atoms with Crippen molar-refractivity contribution in [2.75, 3.05) is 5.32 Å². The lowest BCUT2D eigenvalue weighted by Gasteiger charge is -2.14. The van der Waals surface area contributed by atoms with E-state index in [4.69, 9.17) is 4.42 Å². The second-order valence-electron chi connectivity index (χ2n) is 5.82. The number of amides is 1. The number of carbonyl (C=O) groups excluding carboxylic acids is 1. The predicted molar refractivity (Wildman–Crippen MR) is 100 cm³/mol. The fourth-order valence-electron chi connectivity index (χ4n) is 2.72. The number of alkyl halides is 3. The third kappa shape index (κ3) is 3.94. The van der Waals surface area contributed by atoms with Crippen LogP contribution in [0.15, 0.2) is 57.9 Å². The molecular weight excluding hydrogens is 457 g/mol. The Morgan fingerprint density at radius 1 is 1.24 bits per heavy atom. The second-order valence-corrected chi connectivity index (χ2v) is 6.67. The highest BCUT2D eigenvalue weighted by atomic mass is 79.9. The number of nitrogens with one attached hydrogen (secondary N) is 2. The number of halogens is 4. The first-order chi connectivity index (χ1) is 13.8. The van der Waals surface area contributed by atoms with Gasteiger partial charge >= 0.3 is 6.36 Å². The van der Waals surface area contributed by atoms with Gasteiger partial charge in [-0.15, -0.1) is 13.2 Å².